The highest BCUT2D eigenvalue weighted by Gasteiger charge is 2.36. The van der Waals surface area contributed by atoms with Crippen molar-refractivity contribution in [1.29, 1.82) is 0 Å². The first kappa shape index (κ1) is 30.4. The third kappa shape index (κ3) is 7.69. The zero-order chi connectivity index (χ0) is 28.1. The number of rotatable bonds is 10. The molecule has 0 saturated carbocycles. The van der Waals surface area contributed by atoms with Crippen LogP contribution < -0.4 is 10.0 Å². The molecule has 3 aromatic carbocycles. The fraction of sp³-hybridized carbons (Fsp3) is 0.486. The summed E-state index contributed by atoms with van der Waals surface area (Å²) in [5.74, 6) is 0.883. The van der Waals surface area contributed by atoms with Crippen LogP contribution in [0.3, 0.4) is 0 Å². The Labute approximate surface area is 233 Å². The molecular formula is C35H48FOP. The highest BCUT2D eigenvalue weighted by atomic mass is 31.1. The molecule has 38 heavy (non-hydrogen) atoms. The topological polar surface area (TPSA) is 9.23 Å². The standard InChI is InChI=1S/C35H48FOP/c1-10-11-15-20-35(9,38-31-19-18-25(2)21-30(31)36)29-23-27(33(3,4)5)22-28(34(6,7)8)32(29)37-24-26-16-13-12-14-17-26/h12-14,16-19,21-23,38H,10-11,15,20,24H2,1-9H3. The second-order valence-corrected chi connectivity index (χ2v) is 15.0. The molecule has 0 spiro atoms. The fourth-order valence-corrected chi connectivity index (χ4v) is 6.50. The van der Waals surface area contributed by atoms with Gasteiger partial charge in [0, 0.05) is 21.6 Å². The molecule has 3 rings (SSSR count). The molecule has 0 aliphatic heterocycles. The van der Waals surface area contributed by atoms with E-state index in [1.807, 2.05) is 25.1 Å². The molecule has 0 heterocycles. The minimum Gasteiger partial charge on any atom is -0.488 e. The van der Waals surface area contributed by atoms with E-state index in [1.54, 1.807) is 6.07 Å². The Bertz CT molecular complexity index is 1200. The van der Waals surface area contributed by atoms with Crippen LogP contribution in [-0.4, -0.2) is 0 Å². The molecular weight excluding hydrogens is 486 g/mol. The van der Waals surface area contributed by atoms with Gasteiger partial charge in [-0.3, -0.25) is 0 Å². The van der Waals surface area contributed by atoms with Crippen LogP contribution >= 0.6 is 8.58 Å². The average Bonchev–Trinajstić information content (AvgIpc) is 2.83. The van der Waals surface area contributed by atoms with Crippen molar-refractivity contribution < 1.29 is 9.13 Å². The Morgan fingerprint density at radius 3 is 2.03 bits per heavy atom. The molecule has 3 heteroatoms. The van der Waals surface area contributed by atoms with Crippen LogP contribution in [0.4, 0.5) is 4.39 Å². The molecule has 0 amide bonds. The lowest BCUT2D eigenvalue weighted by molar-refractivity contribution is 0.290. The quantitative estimate of drug-likeness (QED) is 0.186. The van der Waals surface area contributed by atoms with Gasteiger partial charge < -0.3 is 4.74 Å². The normalized spacial score (nSPS) is 14.2. The van der Waals surface area contributed by atoms with Gasteiger partial charge in [-0.2, -0.15) is 0 Å². The molecule has 206 valence electrons. The van der Waals surface area contributed by atoms with Gasteiger partial charge in [-0.15, -0.1) is 0 Å². The highest BCUT2D eigenvalue weighted by Crippen LogP contribution is 2.52. The second-order valence-electron chi connectivity index (χ2n) is 13.1. The van der Waals surface area contributed by atoms with Crippen LogP contribution in [0.25, 0.3) is 0 Å². The molecule has 2 atom stereocenters. The first-order valence-corrected chi connectivity index (χ1v) is 15.1. The Hall–Kier alpha value is -2.18. The lowest BCUT2D eigenvalue weighted by Crippen LogP contribution is -2.26. The van der Waals surface area contributed by atoms with Crippen LogP contribution in [0.1, 0.15) is 109 Å². The van der Waals surface area contributed by atoms with Gasteiger partial charge in [0.2, 0.25) is 0 Å². The summed E-state index contributed by atoms with van der Waals surface area (Å²) in [6.45, 7) is 20.7. The summed E-state index contributed by atoms with van der Waals surface area (Å²) in [6, 6.07) is 20.8. The fourth-order valence-electron chi connectivity index (χ4n) is 4.93. The van der Waals surface area contributed by atoms with E-state index in [2.05, 4.69) is 91.8 Å². The first-order valence-electron chi connectivity index (χ1n) is 14.1. The number of aryl methyl sites for hydroxylation is 1. The molecule has 0 radical (unpaired) electrons. The van der Waals surface area contributed by atoms with E-state index in [-0.39, 0.29) is 21.8 Å². The molecule has 0 bridgehead atoms. The summed E-state index contributed by atoms with van der Waals surface area (Å²) < 4.78 is 22.1. The number of hydrogen-bond acceptors (Lipinski definition) is 1. The van der Waals surface area contributed by atoms with Crippen molar-refractivity contribution in [2.75, 3.05) is 0 Å². The van der Waals surface area contributed by atoms with Gasteiger partial charge in [-0.05, 0) is 46.9 Å². The predicted octanol–water partition coefficient (Wildman–Crippen LogP) is 10.1. The van der Waals surface area contributed by atoms with Gasteiger partial charge in [-0.1, -0.05) is 138 Å². The molecule has 3 aromatic rings. The van der Waals surface area contributed by atoms with Crippen LogP contribution in [0, 0.1) is 12.7 Å². The summed E-state index contributed by atoms with van der Waals surface area (Å²) in [6.07, 6.45) is 4.42. The van der Waals surface area contributed by atoms with Crippen molar-refractivity contribution in [2.24, 2.45) is 0 Å². The predicted molar refractivity (Wildman–Crippen MR) is 165 cm³/mol. The Morgan fingerprint density at radius 2 is 1.45 bits per heavy atom. The number of hydrogen-bond donors (Lipinski definition) is 0. The molecule has 1 nitrogen and oxygen atoms in total. The molecule has 0 saturated heterocycles. The maximum atomic E-state index is 15.3. The summed E-state index contributed by atoms with van der Waals surface area (Å²) in [5, 5.41) is 0.556. The van der Waals surface area contributed by atoms with Gasteiger partial charge in [0.15, 0.2) is 0 Å². The van der Waals surface area contributed by atoms with E-state index in [1.165, 1.54) is 23.1 Å². The first-order chi connectivity index (χ1) is 17.7. The number of halogens is 1. The van der Waals surface area contributed by atoms with E-state index in [0.717, 1.165) is 41.4 Å². The Morgan fingerprint density at radius 1 is 0.789 bits per heavy atom. The van der Waals surface area contributed by atoms with Crippen molar-refractivity contribution in [3.8, 4) is 5.75 Å². The molecule has 2 unspecified atom stereocenters. The van der Waals surface area contributed by atoms with E-state index in [0.29, 0.717) is 15.2 Å². The molecule has 0 aliphatic carbocycles. The monoisotopic (exact) mass is 534 g/mol. The van der Waals surface area contributed by atoms with Crippen LogP contribution in [0.2, 0.25) is 0 Å². The summed E-state index contributed by atoms with van der Waals surface area (Å²) in [7, 11) is 0.304. The van der Waals surface area contributed by atoms with Crippen LogP contribution in [-0.2, 0) is 22.6 Å². The van der Waals surface area contributed by atoms with Gasteiger partial charge in [0.1, 0.15) is 18.2 Å². The van der Waals surface area contributed by atoms with Crippen molar-refractivity contribution in [3.05, 3.63) is 94.3 Å². The number of unbranched alkanes of at least 4 members (excludes halogenated alkanes) is 2. The van der Waals surface area contributed by atoms with E-state index in [4.69, 9.17) is 4.74 Å². The molecule has 0 N–H and O–H groups in total. The third-order valence-electron chi connectivity index (χ3n) is 7.40. The largest absolute Gasteiger partial charge is 0.488 e. The van der Waals surface area contributed by atoms with Crippen molar-refractivity contribution in [1.82, 2.24) is 0 Å². The van der Waals surface area contributed by atoms with Crippen LogP contribution in [0.5, 0.6) is 5.75 Å². The van der Waals surface area contributed by atoms with Gasteiger partial charge in [0.25, 0.3) is 0 Å². The van der Waals surface area contributed by atoms with Crippen molar-refractivity contribution in [3.63, 3.8) is 0 Å². The van der Waals surface area contributed by atoms with Crippen LogP contribution in [0.15, 0.2) is 60.7 Å². The Kier molecular flexibility index (Phi) is 9.86. The molecule has 0 aromatic heterocycles. The van der Waals surface area contributed by atoms with Gasteiger partial charge in [-0.25, -0.2) is 4.39 Å². The minimum atomic E-state index is -0.251. The minimum absolute atomic E-state index is 0.0186. The lowest BCUT2D eigenvalue weighted by Gasteiger charge is -2.37. The zero-order valence-electron chi connectivity index (χ0n) is 25.1. The SMILES string of the molecule is CCCCCC(C)(Pc1ccc(C)cc1F)c1cc(C(C)(C)C)cc(C(C)(C)C)c1OCc1ccccc1. The van der Waals surface area contributed by atoms with Gasteiger partial charge >= 0.3 is 0 Å². The summed E-state index contributed by atoms with van der Waals surface area (Å²) in [4.78, 5) is 0. The zero-order valence-corrected chi connectivity index (χ0v) is 26.1. The maximum absolute atomic E-state index is 15.3. The molecule has 0 fully saturated rings. The summed E-state index contributed by atoms with van der Waals surface area (Å²) >= 11 is 0. The van der Waals surface area contributed by atoms with E-state index >= 15 is 4.39 Å². The van der Waals surface area contributed by atoms with Crippen molar-refractivity contribution >= 4 is 13.9 Å². The smallest absolute Gasteiger partial charge is 0.130 e. The average molecular weight is 535 g/mol. The van der Waals surface area contributed by atoms with Crippen molar-refractivity contribution in [2.45, 2.75) is 111 Å². The lowest BCUT2D eigenvalue weighted by atomic mass is 9.76. The maximum Gasteiger partial charge on any atom is 0.130 e. The third-order valence-corrected chi connectivity index (χ3v) is 9.14. The van der Waals surface area contributed by atoms with Gasteiger partial charge in [0.05, 0.1) is 0 Å². The van der Waals surface area contributed by atoms with E-state index in [9.17, 15) is 0 Å². The Balaban J connectivity index is 2.26. The number of ether oxygens (including phenoxy) is 1. The summed E-state index contributed by atoms with van der Waals surface area (Å²) in [5.41, 5.74) is 5.74. The van der Waals surface area contributed by atoms with E-state index < -0.39 is 0 Å². The molecule has 0 aliphatic rings. The second kappa shape index (κ2) is 12.3. The number of benzene rings is 3. The highest BCUT2D eigenvalue weighted by molar-refractivity contribution is 7.48.